The second-order valence-electron chi connectivity index (χ2n) is 35.8. The van der Waals surface area contributed by atoms with Gasteiger partial charge in [0.05, 0.1) is 39.6 Å². The summed E-state index contributed by atoms with van der Waals surface area (Å²) in [6.07, 6.45) is 26.7. The van der Waals surface area contributed by atoms with Crippen molar-refractivity contribution in [3.05, 3.63) is 119 Å². The highest BCUT2D eigenvalue weighted by molar-refractivity contribution is 5.97. The Morgan fingerprint density at radius 1 is 0.232 bits per heavy atom. The molecule has 0 aliphatic rings. The Morgan fingerprint density at radius 2 is 0.411 bits per heavy atom. The Balaban J connectivity index is 1.18. The molecule has 0 saturated heterocycles. The molecule has 14 nitrogen and oxygen atoms in total. The number of ether oxygens (including phenoxy) is 6. The SMILES string of the molecule is CC(C)CCC[C@H](C)CCOc1cc(C(=O)NCCNC(=O)c2ccc(-c3ccc(-c4ccc(C(=O)NCCNC(=O)c5cc(OCC[C@@H](C)CCCC(C)C)c(OCC[C@@H](C)CCCC(C)C)c(OCC[C@@H](C)CCCC(C)C)c5)cc4)cc3)cc2)cc(OCC[C@@H](C)CCCC(C)C)c1OCC[C@@H](C)CCCC(C)C. The average molecular weight is 1550 g/mol. The molecule has 0 heterocycles. The summed E-state index contributed by atoms with van der Waals surface area (Å²) in [5.74, 6) is 9.24. The van der Waals surface area contributed by atoms with Gasteiger partial charge in [0.25, 0.3) is 23.6 Å². The first-order chi connectivity index (χ1) is 53.6. The van der Waals surface area contributed by atoms with Crippen molar-refractivity contribution in [2.24, 2.45) is 71.0 Å². The molecule has 6 atom stereocenters. The van der Waals surface area contributed by atoms with E-state index < -0.39 is 0 Å². The summed E-state index contributed by atoms with van der Waals surface area (Å²) in [7, 11) is 0. The fourth-order valence-electron chi connectivity index (χ4n) is 14.0. The maximum atomic E-state index is 14.1. The Bertz CT molecular complexity index is 3100. The van der Waals surface area contributed by atoms with E-state index in [1.807, 2.05) is 72.8 Å². The molecule has 626 valence electrons. The smallest absolute Gasteiger partial charge is 0.251 e. The summed E-state index contributed by atoms with van der Waals surface area (Å²) in [6, 6.07) is 30.4. The maximum Gasteiger partial charge on any atom is 0.251 e. The molecule has 0 aromatic heterocycles. The van der Waals surface area contributed by atoms with E-state index >= 15 is 0 Å². The molecule has 0 saturated carbocycles. The summed E-state index contributed by atoms with van der Waals surface area (Å²) >= 11 is 0. The van der Waals surface area contributed by atoms with Crippen molar-refractivity contribution in [1.82, 2.24) is 21.3 Å². The van der Waals surface area contributed by atoms with E-state index in [-0.39, 0.29) is 49.8 Å². The lowest BCUT2D eigenvalue weighted by atomic mass is 9.97. The van der Waals surface area contributed by atoms with Crippen molar-refractivity contribution in [3.8, 4) is 56.8 Å². The van der Waals surface area contributed by atoms with Gasteiger partial charge in [-0.2, -0.15) is 0 Å². The highest BCUT2D eigenvalue weighted by Crippen LogP contribution is 2.42. The zero-order chi connectivity index (χ0) is 81.7. The van der Waals surface area contributed by atoms with E-state index in [1.165, 1.54) is 77.0 Å². The number of benzene rings is 5. The fourth-order valence-corrected chi connectivity index (χ4v) is 14.0. The van der Waals surface area contributed by atoms with Gasteiger partial charge in [-0.1, -0.05) is 289 Å². The lowest BCUT2D eigenvalue weighted by Crippen LogP contribution is -2.34. The lowest BCUT2D eigenvalue weighted by molar-refractivity contribution is 0.0927. The molecular formula is C98H154N4O10. The standard InChI is InChI=1S/C98H154N4O10/c1-69(2)25-19-31-75(13)49-59-107-89-65-87(66-90(108-60-50-76(14)32-20-26-70(3)4)93(89)111-63-53-79(17)35-23-29-73(9)10)97(105)101-57-55-99-95(103)85-45-41-83(42-46-85)81-37-39-82(40-38-81)84-43-47-86(48-44-84)96(104)100-56-58-102-98(106)88-67-91(109-61-51-77(15)33-21-27-71(5)6)94(112-64-54-80(18)36-24-30-74(11)12)92(68-88)110-62-52-78(16)34-22-28-72(7)8/h37-48,65-80H,19-36,49-64H2,1-18H3,(H,99,103)(H,100,104)(H,101,105)(H,102,106)/t75-,76-,77-,78-,79-,80-/m0/s1. The van der Waals surface area contributed by atoms with Gasteiger partial charge in [0.15, 0.2) is 23.0 Å². The highest BCUT2D eigenvalue weighted by Gasteiger charge is 2.24. The summed E-state index contributed by atoms with van der Waals surface area (Å²) in [5.41, 5.74) is 5.73. The molecular weight excluding hydrogens is 1390 g/mol. The zero-order valence-corrected chi connectivity index (χ0v) is 73.3. The molecule has 0 aliphatic heterocycles. The quantitative estimate of drug-likeness (QED) is 0.0275. The van der Waals surface area contributed by atoms with Gasteiger partial charge in [-0.25, -0.2) is 0 Å². The highest BCUT2D eigenvalue weighted by atomic mass is 16.5. The summed E-state index contributed by atoms with van der Waals surface area (Å²) in [6.45, 7) is 45.0. The van der Waals surface area contributed by atoms with Crippen LogP contribution in [-0.4, -0.2) is 89.4 Å². The van der Waals surface area contributed by atoms with Gasteiger partial charge in [0.1, 0.15) is 0 Å². The van der Waals surface area contributed by atoms with Crippen LogP contribution in [0.4, 0.5) is 0 Å². The molecule has 0 unspecified atom stereocenters. The molecule has 4 amide bonds. The second kappa shape index (κ2) is 53.8. The van der Waals surface area contributed by atoms with Crippen LogP contribution < -0.4 is 49.7 Å². The van der Waals surface area contributed by atoms with Crippen LogP contribution >= 0.6 is 0 Å². The van der Waals surface area contributed by atoms with Gasteiger partial charge in [-0.15, -0.1) is 0 Å². The predicted molar refractivity (Wildman–Crippen MR) is 467 cm³/mol. The minimum atomic E-state index is -0.288. The maximum absolute atomic E-state index is 14.1. The van der Waals surface area contributed by atoms with Crippen molar-refractivity contribution in [2.45, 2.75) is 279 Å². The largest absolute Gasteiger partial charge is 0.490 e. The summed E-state index contributed by atoms with van der Waals surface area (Å²) in [4.78, 5) is 55.2. The Kier molecular flexibility index (Phi) is 45.8. The van der Waals surface area contributed by atoms with Gasteiger partial charge in [-0.05, 0) is 180 Å². The first-order valence-corrected chi connectivity index (χ1v) is 44.2. The van der Waals surface area contributed by atoms with Crippen LogP contribution in [0.3, 0.4) is 0 Å². The molecule has 5 aromatic carbocycles. The van der Waals surface area contributed by atoms with Gasteiger partial charge in [0.2, 0.25) is 11.5 Å². The van der Waals surface area contributed by atoms with Gasteiger partial charge in [-0.3, -0.25) is 19.2 Å². The molecule has 5 aromatic rings. The van der Waals surface area contributed by atoms with E-state index in [0.29, 0.717) is 167 Å². The molecule has 5 rings (SSSR count). The molecule has 0 fully saturated rings. The van der Waals surface area contributed by atoms with Crippen molar-refractivity contribution in [1.29, 1.82) is 0 Å². The molecule has 0 aliphatic carbocycles. The minimum Gasteiger partial charge on any atom is -0.490 e. The number of nitrogens with one attached hydrogen (secondary N) is 4. The number of amides is 4. The topological polar surface area (TPSA) is 172 Å². The number of hydrogen-bond acceptors (Lipinski definition) is 10. The van der Waals surface area contributed by atoms with Crippen LogP contribution in [0.15, 0.2) is 97.1 Å². The summed E-state index contributed by atoms with van der Waals surface area (Å²) < 4.78 is 39.7. The van der Waals surface area contributed by atoms with E-state index in [4.69, 9.17) is 28.4 Å². The van der Waals surface area contributed by atoms with Crippen molar-refractivity contribution < 1.29 is 47.6 Å². The monoisotopic (exact) mass is 1550 g/mol. The molecule has 112 heavy (non-hydrogen) atoms. The van der Waals surface area contributed by atoms with E-state index in [0.717, 1.165) is 99.3 Å². The summed E-state index contributed by atoms with van der Waals surface area (Å²) in [5, 5.41) is 12.1. The lowest BCUT2D eigenvalue weighted by Gasteiger charge is -2.21. The third-order valence-corrected chi connectivity index (χ3v) is 21.9. The number of carbonyl (C=O) groups is 4. The average Bonchev–Trinajstić information content (AvgIpc) is 0.816. The van der Waals surface area contributed by atoms with Crippen molar-refractivity contribution in [2.75, 3.05) is 65.8 Å². The Morgan fingerprint density at radius 3 is 0.607 bits per heavy atom. The predicted octanol–water partition coefficient (Wildman–Crippen LogP) is 24.7. The molecule has 4 N–H and O–H groups in total. The molecule has 0 spiro atoms. The van der Waals surface area contributed by atoms with Crippen LogP contribution in [0.2, 0.25) is 0 Å². The number of hydrogen-bond donors (Lipinski definition) is 4. The number of carbonyl (C=O) groups excluding carboxylic acids is 4. The van der Waals surface area contributed by atoms with Crippen molar-refractivity contribution >= 4 is 23.6 Å². The van der Waals surface area contributed by atoms with Crippen LogP contribution in [0, 0.1) is 71.0 Å². The van der Waals surface area contributed by atoms with Gasteiger partial charge < -0.3 is 49.7 Å². The Hall–Kier alpha value is -7.22. The minimum absolute atomic E-state index is 0.214. The normalized spacial score (nSPS) is 13.3. The third-order valence-electron chi connectivity index (χ3n) is 21.9. The Labute approximate surface area is 680 Å². The van der Waals surface area contributed by atoms with E-state index in [1.54, 1.807) is 24.3 Å². The fraction of sp³-hybridized carbons (Fsp3) is 0.653. The van der Waals surface area contributed by atoms with Crippen molar-refractivity contribution in [3.63, 3.8) is 0 Å². The third kappa shape index (κ3) is 39.2. The molecule has 0 radical (unpaired) electrons. The van der Waals surface area contributed by atoms with Gasteiger partial charge in [0, 0.05) is 48.4 Å². The van der Waals surface area contributed by atoms with E-state index in [9.17, 15) is 19.2 Å². The van der Waals surface area contributed by atoms with Crippen LogP contribution in [0.1, 0.15) is 320 Å². The van der Waals surface area contributed by atoms with E-state index in [2.05, 4.69) is 146 Å². The molecule has 0 bridgehead atoms. The van der Waals surface area contributed by atoms with Gasteiger partial charge >= 0.3 is 0 Å². The first kappa shape index (κ1) is 95.4. The molecule has 14 heteroatoms. The first-order valence-electron chi connectivity index (χ1n) is 44.2. The van der Waals surface area contributed by atoms with Crippen LogP contribution in [-0.2, 0) is 0 Å². The van der Waals surface area contributed by atoms with Crippen LogP contribution in [0.25, 0.3) is 22.3 Å². The number of rotatable bonds is 60. The zero-order valence-electron chi connectivity index (χ0n) is 73.3. The van der Waals surface area contributed by atoms with Crippen LogP contribution in [0.5, 0.6) is 34.5 Å². The second-order valence-corrected chi connectivity index (χ2v) is 35.8.